The molecular formula is C29H33N3O4. The van der Waals surface area contributed by atoms with Gasteiger partial charge in [-0.1, -0.05) is 79.2 Å². The van der Waals surface area contributed by atoms with Gasteiger partial charge in [0.1, 0.15) is 0 Å². The highest BCUT2D eigenvalue weighted by Gasteiger charge is 2.54. The fraction of sp³-hybridized carbons (Fsp3) is 0.414. The van der Waals surface area contributed by atoms with Crippen molar-refractivity contribution in [3.8, 4) is 0 Å². The summed E-state index contributed by atoms with van der Waals surface area (Å²) in [6, 6.07) is 20.9. The van der Waals surface area contributed by atoms with Crippen molar-refractivity contribution >= 4 is 11.8 Å². The fourth-order valence-corrected chi connectivity index (χ4v) is 5.67. The molecular weight excluding hydrogens is 454 g/mol. The van der Waals surface area contributed by atoms with Gasteiger partial charge in [-0.25, -0.2) is 0 Å². The number of nitrogens with zero attached hydrogens (tertiary/aromatic N) is 3. The number of aliphatic hydroxyl groups is 1. The molecule has 0 aliphatic carbocycles. The van der Waals surface area contributed by atoms with E-state index < -0.39 is 11.5 Å². The van der Waals surface area contributed by atoms with Crippen molar-refractivity contribution in [2.24, 2.45) is 5.41 Å². The number of piperidine rings is 1. The molecule has 2 fully saturated rings. The molecule has 5 rings (SSSR count). The maximum absolute atomic E-state index is 13.9. The molecule has 3 heterocycles. The molecule has 36 heavy (non-hydrogen) atoms. The molecule has 0 bridgehead atoms. The predicted octanol–water partition coefficient (Wildman–Crippen LogP) is 4.38. The van der Waals surface area contributed by atoms with Crippen molar-refractivity contribution in [3.63, 3.8) is 0 Å². The van der Waals surface area contributed by atoms with Crippen molar-refractivity contribution in [1.29, 1.82) is 0 Å². The molecule has 2 saturated heterocycles. The van der Waals surface area contributed by atoms with E-state index in [9.17, 15) is 14.7 Å². The third-order valence-electron chi connectivity index (χ3n) is 7.70. The summed E-state index contributed by atoms with van der Waals surface area (Å²) in [7, 11) is 0. The highest BCUT2D eigenvalue weighted by molar-refractivity contribution is 5.92. The number of rotatable bonds is 7. The lowest BCUT2D eigenvalue weighted by atomic mass is 9.75. The Morgan fingerprint density at radius 3 is 2.44 bits per heavy atom. The van der Waals surface area contributed by atoms with E-state index in [-0.39, 0.29) is 23.6 Å². The molecule has 2 aliphatic heterocycles. The minimum atomic E-state index is -0.774. The summed E-state index contributed by atoms with van der Waals surface area (Å²) in [6.45, 7) is 3.46. The molecule has 3 aromatic rings. The Labute approximate surface area is 211 Å². The second-order valence-corrected chi connectivity index (χ2v) is 10.1. The fourth-order valence-electron chi connectivity index (χ4n) is 5.67. The van der Waals surface area contributed by atoms with E-state index in [0.717, 1.165) is 29.7 Å². The number of hydrogen-bond acceptors (Lipinski definition) is 5. The van der Waals surface area contributed by atoms with Crippen LogP contribution in [0.3, 0.4) is 0 Å². The summed E-state index contributed by atoms with van der Waals surface area (Å²) in [6.07, 6.45) is 2.64. The van der Waals surface area contributed by atoms with Crippen LogP contribution in [0.1, 0.15) is 66.1 Å². The van der Waals surface area contributed by atoms with Crippen LogP contribution < -0.4 is 0 Å². The van der Waals surface area contributed by atoms with Crippen LogP contribution in [0.25, 0.3) is 0 Å². The predicted molar refractivity (Wildman–Crippen MR) is 135 cm³/mol. The van der Waals surface area contributed by atoms with Crippen LogP contribution >= 0.6 is 0 Å². The number of likely N-dealkylation sites (tertiary alicyclic amines) is 2. The lowest BCUT2D eigenvalue weighted by molar-refractivity contribution is -0.140. The second kappa shape index (κ2) is 10.3. The quantitative estimate of drug-likeness (QED) is 0.534. The first-order chi connectivity index (χ1) is 17.5. The van der Waals surface area contributed by atoms with Crippen molar-refractivity contribution in [1.82, 2.24) is 15.0 Å². The number of aliphatic hydroxyl groups excluding tert-OH is 1. The summed E-state index contributed by atoms with van der Waals surface area (Å²) >= 11 is 0. The Hall–Kier alpha value is -3.45. The highest BCUT2D eigenvalue weighted by atomic mass is 16.5. The molecule has 0 saturated carbocycles. The zero-order valence-corrected chi connectivity index (χ0v) is 20.7. The van der Waals surface area contributed by atoms with E-state index in [0.29, 0.717) is 38.9 Å². The average molecular weight is 488 g/mol. The first-order valence-electron chi connectivity index (χ1n) is 12.8. The number of carbonyl (C=O) groups excluding carboxylic acids is 2. The first-order valence-corrected chi connectivity index (χ1v) is 12.8. The van der Waals surface area contributed by atoms with Crippen LogP contribution in [0.4, 0.5) is 0 Å². The van der Waals surface area contributed by atoms with Crippen molar-refractivity contribution in [2.75, 3.05) is 13.1 Å². The SMILES string of the molecule is CCCc1cc(C(=O)N2CCC3(CC2)C[C@@H]([C@H](O)c2ccccc2)N(Cc2ccccc2)C3=O)on1. The van der Waals surface area contributed by atoms with Gasteiger partial charge in [0.25, 0.3) is 5.91 Å². The van der Waals surface area contributed by atoms with Crippen LogP contribution in [-0.2, 0) is 17.8 Å². The van der Waals surface area contributed by atoms with Crippen molar-refractivity contribution in [2.45, 2.75) is 57.7 Å². The number of aromatic nitrogens is 1. The second-order valence-electron chi connectivity index (χ2n) is 10.1. The Morgan fingerprint density at radius 1 is 1.11 bits per heavy atom. The topological polar surface area (TPSA) is 86.9 Å². The van der Waals surface area contributed by atoms with Gasteiger partial charge in [0, 0.05) is 25.7 Å². The maximum Gasteiger partial charge on any atom is 0.292 e. The lowest BCUT2D eigenvalue weighted by Gasteiger charge is -2.37. The van der Waals surface area contributed by atoms with E-state index in [2.05, 4.69) is 12.1 Å². The molecule has 7 nitrogen and oxygen atoms in total. The van der Waals surface area contributed by atoms with Crippen molar-refractivity contribution in [3.05, 3.63) is 89.3 Å². The molecule has 1 spiro atoms. The Morgan fingerprint density at radius 2 is 1.78 bits per heavy atom. The molecule has 0 unspecified atom stereocenters. The number of carbonyl (C=O) groups is 2. The number of aryl methyl sites for hydroxylation is 1. The van der Waals surface area contributed by atoms with Gasteiger partial charge >= 0.3 is 0 Å². The third kappa shape index (κ3) is 4.67. The lowest BCUT2D eigenvalue weighted by Crippen LogP contribution is -2.46. The minimum Gasteiger partial charge on any atom is -0.386 e. The molecule has 1 aromatic heterocycles. The molecule has 2 amide bonds. The summed E-state index contributed by atoms with van der Waals surface area (Å²) in [5, 5.41) is 15.4. The van der Waals surface area contributed by atoms with Crippen LogP contribution in [0, 0.1) is 5.41 Å². The first kappa shape index (κ1) is 24.3. The zero-order valence-electron chi connectivity index (χ0n) is 20.7. The maximum atomic E-state index is 13.9. The Kier molecular flexibility index (Phi) is 6.92. The Bertz CT molecular complexity index is 1190. The average Bonchev–Trinajstić information content (AvgIpc) is 3.49. The van der Waals surface area contributed by atoms with Gasteiger partial charge in [-0.3, -0.25) is 9.59 Å². The van der Waals surface area contributed by atoms with Crippen LogP contribution in [0.2, 0.25) is 0 Å². The van der Waals surface area contributed by atoms with E-state index in [1.165, 1.54) is 0 Å². The monoisotopic (exact) mass is 487 g/mol. The summed E-state index contributed by atoms with van der Waals surface area (Å²) < 4.78 is 5.30. The van der Waals surface area contributed by atoms with Gasteiger partial charge in [0.05, 0.1) is 23.3 Å². The van der Waals surface area contributed by atoms with E-state index in [4.69, 9.17) is 4.52 Å². The summed E-state index contributed by atoms with van der Waals surface area (Å²) in [4.78, 5) is 30.6. The highest BCUT2D eigenvalue weighted by Crippen LogP contribution is 2.48. The molecule has 7 heteroatoms. The van der Waals surface area contributed by atoms with Gasteiger partial charge in [-0.2, -0.15) is 0 Å². The Balaban J connectivity index is 1.34. The van der Waals surface area contributed by atoms with Gasteiger partial charge in [0.15, 0.2) is 0 Å². The summed E-state index contributed by atoms with van der Waals surface area (Å²) in [5.74, 6) is 0.158. The molecule has 2 atom stereocenters. The van der Waals surface area contributed by atoms with Gasteiger partial charge in [-0.05, 0) is 36.8 Å². The standard InChI is InChI=1S/C29H33N3O4/c1-2-9-23-18-25(36-30-23)27(34)31-16-14-29(15-17-31)19-24(26(33)22-12-7-4-8-13-22)32(28(29)35)20-21-10-5-3-6-11-21/h3-8,10-13,18,24,26,33H,2,9,14-17,19-20H2,1H3/t24-,26+/m0/s1. The number of benzene rings is 2. The molecule has 0 radical (unpaired) electrons. The molecule has 2 aromatic carbocycles. The van der Waals surface area contributed by atoms with E-state index in [1.54, 1.807) is 11.0 Å². The molecule has 1 N–H and O–H groups in total. The summed E-state index contributed by atoms with van der Waals surface area (Å²) in [5.41, 5.74) is 2.05. The van der Waals surface area contributed by atoms with E-state index in [1.807, 2.05) is 65.6 Å². The van der Waals surface area contributed by atoms with Crippen LogP contribution in [-0.4, -0.2) is 51.0 Å². The zero-order chi connectivity index (χ0) is 25.1. The largest absolute Gasteiger partial charge is 0.386 e. The van der Waals surface area contributed by atoms with Crippen LogP contribution in [0.15, 0.2) is 71.3 Å². The van der Waals surface area contributed by atoms with Crippen LogP contribution in [0.5, 0.6) is 0 Å². The van der Waals surface area contributed by atoms with Gasteiger partial charge in [0.2, 0.25) is 11.7 Å². The smallest absolute Gasteiger partial charge is 0.292 e. The normalized spacial score (nSPS) is 20.2. The molecule has 2 aliphatic rings. The van der Waals surface area contributed by atoms with Gasteiger partial charge in [-0.15, -0.1) is 0 Å². The molecule has 188 valence electrons. The van der Waals surface area contributed by atoms with Crippen molar-refractivity contribution < 1.29 is 19.2 Å². The van der Waals surface area contributed by atoms with Gasteiger partial charge < -0.3 is 19.4 Å². The number of amides is 2. The van der Waals surface area contributed by atoms with E-state index >= 15 is 0 Å². The minimum absolute atomic E-state index is 0.0725. The third-order valence-corrected chi connectivity index (χ3v) is 7.70. The number of hydrogen-bond donors (Lipinski definition) is 1.